The van der Waals surface area contributed by atoms with Gasteiger partial charge in [0.15, 0.2) is 0 Å². The minimum atomic E-state index is -0.367. The fraction of sp³-hybridized carbons (Fsp3) is 0.538. The lowest BCUT2D eigenvalue weighted by molar-refractivity contribution is -0.143. The Morgan fingerprint density at radius 2 is 2.11 bits per heavy atom. The van der Waals surface area contributed by atoms with Crippen LogP contribution in [0.3, 0.4) is 0 Å². The summed E-state index contributed by atoms with van der Waals surface area (Å²) >= 11 is 0. The molecular weight excluding hydrogens is 232 g/mol. The van der Waals surface area contributed by atoms with Gasteiger partial charge in [-0.2, -0.15) is 0 Å². The van der Waals surface area contributed by atoms with E-state index in [1.807, 2.05) is 26.2 Å². The van der Waals surface area contributed by atoms with Crippen LogP contribution in [0.25, 0.3) is 0 Å². The first-order chi connectivity index (χ1) is 8.60. The summed E-state index contributed by atoms with van der Waals surface area (Å²) in [7, 11) is 1.81. The summed E-state index contributed by atoms with van der Waals surface area (Å²) in [6.45, 7) is 4.60. The van der Waals surface area contributed by atoms with Crippen LogP contribution >= 0.6 is 0 Å². The first-order valence-corrected chi connectivity index (χ1v) is 6.16. The van der Waals surface area contributed by atoms with E-state index in [1.165, 1.54) is 4.90 Å². The summed E-state index contributed by atoms with van der Waals surface area (Å²) in [5.74, 6) is -0.508. The third kappa shape index (κ3) is 3.61. The molecule has 1 rings (SSSR count). The molecule has 5 nitrogen and oxygen atoms in total. The molecule has 1 amide bonds. The number of carbonyl (C=O) groups excluding carboxylic acids is 2. The molecular formula is C13H20N2O3. The lowest BCUT2D eigenvalue weighted by Gasteiger charge is -2.21. The van der Waals surface area contributed by atoms with Crippen LogP contribution in [0.15, 0.2) is 18.3 Å². The normalized spacial score (nSPS) is 10.2. The topological polar surface area (TPSA) is 51.5 Å². The summed E-state index contributed by atoms with van der Waals surface area (Å²) in [4.78, 5) is 25.2. The highest BCUT2D eigenvalue weighted by Gasteiger charge is 2.20. The molecule has 0 bridgehead atoms. The van der Waals surface area contributed by atoms with Crippen molar-refractivity contribution in [3.63, 3.8) is 0 Å². The lowest BCUT2D eigenvalue weighted by atomic mass is 10.3. The SMILES string of the molecule is CCCN(CC(=O)OCC)C(=O)c1cccn1C. The average molecular weight is 252 g/mol. The molecule has 0 atom stereocenters. The van der Waals surface area contributed by atoms with Crippen LogP contribution in [0.5, 0.6) is 0 Å². The van der Waals surface area contributed by atoms with Crippen LogP contribution in [-0.4, -0.2) is 41.0 Å². The van der Waals surface area contributed by atoms with Crippen molar-refractivity contribution in [1.29, 1.82) is 0 Å². The zero-order chi connectivity index (χ0) is 13.5. The van der Waals surface area contributed by atoms with Crippen LogP contribution in [0.4, 0.5) is 0 Å². The number of rotatable bonds is 6. The van der Waals surface area contributed by atoms with E-state index in [0.717, 1.165) is 6.42 Å². The highest BCUT2D eigenvalue weighted by Crippen LogP contribution is 2.06. The molecule has 0 N–H and O–H groups in total. The van der Waals surface area contributed by atoms with E-state index >= 15 is 0 Å². The molecule has 5 heteroatoms. The second-order valence-electron chi connectivity index (χ2n) is 4.04. The number of aryl methyl sites for hydroxylation is 1. The van der Waals surface area contributed by atoms with E-state index < -0.39 is 0 Å². The lowest BCUT2D eigenvalue weighted by Crippen LogP contribution is -2.37. The van der Waals surface area contributed by atoms with Crippen molar-refractivity contribution in [1.82, 2.24) is 9.47 Å². The van der Waals surface area contributed by atoms with Gasteiger partial charge in [0, 0.05) is 19.8 Å². The molecule has 0 fully saturated rings. The Bertz CT molecular complexity index is 412. The first-order valence-electron chi connectivity index (χ1n) is 6.16. The van der Waals surface area contributed by atoms with Crippen LogP contribution in [-0.2, 0) is 16.6 Å². The van der Waals surface area contributed by atoms with Gasteiger partial charge < -0.3 is 14.2 Å². The van der Waals surface area contributed by atoms with Crippen molar-refractivity contribution in [2.24, 2.45) is 7.05 Å². The van der Waals surface area contributed by atoms with Crippen molar-refractivity contribution in [3.05, 3.63) is 24.0 Å². The van der Waals surface area contributed by atoms with Crippen LogP contribution in [0.2, 0.25) is 0 Å². The van der Waals surface area contributed by atoms with E-state index in [9.17, 15) is 9.59 Å². The number of ether oxygens (including phenoxy) is 1. The van der Waals surface area contributed by atoms with Crippen molar-refractivity contribution in [2.45, 2.75) is 20.3 Å². The number of hydrogen-bond acceptors (Lipinski definition) is 3. The molecule has 1 heterocycles. The molecule has 0 aliphatic heterocycles. The maximum atomic E-state index is 12.3. The largest absolute Gasteiger partial charge is 0.465 e. The number of nitrogens with zero attached hydrogens (tertiary/aromatic N) is 2. The molecule has 0 saturated carbocycles. The fourth-order valence-electron chi connectivity index (χ4n) is 1.73. The van der Waals surface area contributed by atoms with Crippen molar-refractivity contribution < 1.29 is 14.3 Å². The molecule has 100 valence electrons. The molecule has 18 heavy (non-hydrogen) atoms. The number of amides is 1. The molecule has 0 aliphatic rings. The molecule has 1 aromatic heterocycles. The number of aromatic nitrogens is 1. The summed E-state index contributed by atoms with van der Waals surface area (Å²) in [6.07, 6.45) is 2.61. The minimum absolute atomic E-state index is 0.00565. The van der Waals surface area contributed by atoms with Gasteiger partial charge in [0.25, 0.3) is 5.91 Å². The van der Waals surface area contributed by atoms with Crippen LogP contribution < -0.4 is 0 Å². The Labute approximate surface area is 107 Å². The molecule has 0 aromatic carbocycles. The van der Waals surface area contributed by atoms with Crippen molar-refractivity contribution in [3.8, 4) is 0 Å². The second kappa shape index (κ2) is 6.83. The van der Waals surface area contributed by atoms with Crippen LogP contribution in [0, 0.1) is 0 Å². The van der Waals surface area contributed by atoms with Gasteiger partial charge in [-0.3, -0.25) is 9.59 Å². The molecule has 0 unspecified atom stereocenters. The Kier molecular flexibility index (Phi) is 5.42. The number of esters is 1. The van der Waals surface area contributed by atoms with E-state index in [-0.39, 0.29) is 18.4 Å². The monoisotopic (exact) mass is 252 g/mol. The third-order valence-electron chi connectivity index (χ3n) is 2.57. The van der Waals surface area contributed by atoms with Gasteiger partial charge in [-0.1, -0.05) is 6.92 Å². The predicted octanol–water partition coefficient (Wildman–Crippen LogP) is 1.44. The van der Waals surface area contributed by atoms with Gasteiger partial charge in [0.1, 0.15) is 12.2 Å². The van der Waals surface area contributed by atoms with Gasteiger partial charge in [-0.15, -0.1) is 0 Å². The summed E-state index contributed by atoms with van der Waals surface area (Å²) in [6, 6.07) is 3.55. The van der Waals surface area contributed by atoms with Gasteiger partial charge in [-0.25, -0.2) is 0 Å². The smallest absolute Gasteiger partial charge is 0.325 e. The number of carbonyl (C=O) groups is 2. The molecule has 0 radical (unpaired) electrons. The number of hydrogen-bond donors (Lipinski definition) is 0. The zero-order valence-corrected chi connectivity index (χ0v) is 11.2. The summed E-state index contributed by atoms with van der Waals surface area (Å²) in [5, 5.41) is 0. The Morgan fingerprint density at radius 1 is 1.39 bits per heavy atom. The van der Waals surface area contributed by atoms with Gasteiger partial charge in [0.05, 0.1) is 6.61 Å². The van der Waals surface area contributed by atoms with E-state index in [0.29, 0.717) is 18.8 Å². The first kappa shape index (κ1) is 14.3. The van der Waals surface area contributed by atoms with Crippen molar-refractivity contribution in [2.75, 3.05) is 19.7 Å². The summed E-state index contributed by atoms with van der Waals surface area (Å²) in [5.41, 5.74) is 0.577. The maximum Gasteiger partial charge on any atom is 0.325 e. The van der Waals surface area contributed by atoms with E-state index in [2.05, 4.69) is 0 Å². The second-order valence-corrected chi connectivity index (χ2v) is 4.04. The molecule has 0 spiro atoms. The standard InChI is InChI=1S/C13H20N2O3/c1-4-8-15(10-12(16)18-5-2)13(17)11-7-6-9-14(11)3/h6-7,9H,4-5,8,10H2,1-3H3. The molecule has 0 saturated heterocycles. The third-order valence-corrected chi connectivity index (χ3v) is 2.57. The quantitative estimate of drug-likeness (QED) is 0.720. The highest BCUT2D eigenvalue weighted by atomic mass is 16.5. The highest BCUT2D eigenvalue weighted by molar-refractivity contribution is 5.94. The Morgan fingerprint density at radius 3 is 2.61 bits per heavy atom. The summed E-state index contributed by atoms with van der Waals surface area (Å²) < 4.78 is 6.62. The average Bonchev–Trinajstić information content (AvgIpc) is 2.74. The van der Waals surface area contributed by atoms with E-state index in [1.54, 1.807) is 17.6 Å². The predicted molar refractivity (Wildman–Crippen MR) is 68.2 cm³/mol. The van der Waals surface area contributed by atoms with Gasteiger partial charge >= 0.3 is 5.97 Å². The van der Waals surface area contributed by atoms with Gasteiger partial charge in [-0.05, 0) is 25.5 Å². The Hall–Kier alpha value is -1.78. The zero-order valence-electron chi connectivity index (χ0n) is 11.2. The molecule has 1 aromatic rings. The van der Waals surface area contributed by atoms with Gasteiger partial charge in [0.2, 0.25) is 0 Å². The van der Waals surface area contributed by atoms with E-state index in [4.69, 9.17) is 4.74 Å². The minimum Gasteiger partial charge on any atom is -0.465 e. The maximum absolute atomic E-state index is 12.3. The van der Waals surface area contributed by atoms with Crippen LogP contribution in [0.1, 0.15) is 30.8 Å². The molecule has 0 aliphatic carbocycles. The Balaban J connectivity index is 2.75. The van der Waals surface area contributed by atoms with Crippen molar-refractivity contribution >= 4 is 11.9 Å². The fourth-order valence-corrected chi connectivity index (χ4v) is 1.73.